The topological polar surface area (TPSA) is 50.7 Å². The largest absolute Gasteiger partial charge is 0.310 e. The second kappa shape index (κ2) is 5.85. The average molecular weight is 289 g/mol. The number of aromatic nitrogens is 3. The lowest BCUT2D eigenvalue weighted by molar-refractivity contribution is 0.464. The molecule has 0 bridgehead atoms. The molecule has 3 rings (SSSR count). The smallest absolute Gasteiger partial charge is 0.179 e. The Hall–Kier alpha value is -1.52. The number of nitrogens with one attached hydrogen (secondary N) is 1. The zero-order chi connectivity index (χ0) is 13.9. The van der Waals surface area contributed by atoms with Crippen molar-refractivity contribution in [1.29, 1.82) is 0 Å². The normalized spacial score (nSPS) is 17.8. The van der Waals surface area contributed by atoms with Crippen LogP contribution in [0.5, 0.6) is 0 Å². The van der Waals surface area contributed by atoms with E-state index in [1.807, 2.05) is 18.3 Å². The summed E-state index contributed by atoms with van der Waals surface area (Å²) in [6.07, 6.45) is 6.93. The fraction of sp³-hybridized carbons (Fsp3) is 0.400. The van der Waals surface area contributed by atoms with Gasteiger partial charge in [0.05, 0.1) is 5.02 Å². The molecule has 1 atom stereocenters. The van der Waals surface area contributed by atoms with E-state index in [-0.39, 0.29) is 0 Å². The first kappa shape index (κ1) is 13.5. The van der Waals surface area contributed by atoms with Gasteiger partial charge in [-0.2, -0.15) is 0 Å². The maximum absolute atomic E-state index is 6.17. The number of hydrogen-bond acceptors (Lipinski definition) is 4. The van der Waals surface area contributed by atoms with E-state index in [0.29, 0.717) is 22.6 Å². The molecular weight excluding hydrogens is 272 g/mol. The van der Waals surface area contributed by atoms with E-state index in [1.165, 1.54) is 5.56 Å². The predicted octanol–water partition coefficient (Wildman–Crippen LogP) is 3.18. The van der Waals surface area contributed by atoms with Crippen LogP contribution in [0.4, 0.5) is 0 Å². The lowest BCUT2D eigenvalue weighted by Gasteiger charge is -2.25. The SMILES string of the molecule is CCNC1CCCc2nc(-c3ncccc3Cl)ncc21. The van der Waals surface area contributed by atoms with E-state index >= 15 is 0 Å². The Balaban J connectivity index is 1.99. The molecule has 5 heteroatoms. The Morgan fingerprint density at radius 3 is 3.10 bits per heavy atom. The first-order valence-corrected chi connectivity index (χ1v) is 7.37. The molecule has 1 aliphatic rings. The van der Waals surface area contributed by atoms with Gasteiger partial charge in [0.15, 0.2) is 5.82 Å². The Bertz CT molecular complexity index is 615. The minimum atomic E-state index is 0.372. The van der Waals surface area contributed by atoms with Crippen molar-refractivity contribution in [2.24, 2.45) is 0 Å². The summed E-state index contributed by atoms with van der Waals surface area (Å²) < 4.78 is 0. The van der Waals surface area contributed by atoms with Crippen LogP contribution < -0.4 is 5.32 Å². The van der Waals surface area contributed by atoms with E-state index in [2.05, 4.69) is 27.2 Å². The highest BCUT2D eigenvalue weighted by Gasteiger charge is 2.22. The molecule has 4 nitrogen and oxygen atoms in total. The van der Waals surface area contributed by atoms with Crippen molar-refractivity contribution in [3.63, 3.8) is 0 Å². The predicted molar refractivity (Wildman–Crippen MR) is 79.6 cm³/mol. The summed E-state index contributed by atoms with van der Waals surface area (Å²) >= 11 is 6.17. The van der Waals surface area contributed by atoms with Crippen LogP contribution in [0.3, 0.4) is 0 Å². The quantitative estimate of drug-likeness (QED) is 0.942. The second-order valence-corrected chi connectivity index (χ2v) is 5.34. The molecular formula is C15H17ClN4. The van der Waals surface area contributed by atoms with Crippen molar-refractivity contribution >= 4 is 11.6 Å². The van der Waals surface area contributed by atoms with Gasteiger partial charge >= 0.3 is 0 Å². The van der Waals surface area contributed by atoms with E-state index in [0.717, 1.165) is 31.5 Å². The molecule has 104 valence electrons. The van der Waals surface area contributed by atoms with Gasteiger partial charge in [-0.3, -0.25) is 4.98 Å². The van der Waals surface area contributed by atoms with Gasteiger partial charge in [-0.1, -0.05) is 18.5 Å². The Kier molecular flexibility index (Phi) is 3.94. The van der Waals surface area contributed by atoms with Crippen molar-refractivity contribution in [3.05, 3.63) is 40.8 Å². The second-order valence-electron chi connectivity index (χ2n) is 4.93. The molecule has 0 fully saturated rings. The molecule has 0 saturated carbocycles. The zero-order valence-electron chi connectivity index (χ0n) is 11.4. The number of halogens is 1. The summed E-state index contributed by atoms with van der Waals surface area (Å²) in [5.74, 6) is 0.617. The summed E-state index contributed by atoms with van der Waals surface area (Å²) in [4.78, 5) is 13.4. The first-order chi connectivity index (χ1) is 9.79. The molecule has 0 aromatic carbocycles. The average Bonchev–Trinajstić information content (AvgIpc) is 2.48. The highest BCUT2D eigenvalue weighted by atomic mass is 35.5. The molecule has 2 heterocycles. The maximum Gasteiger partial charge on any atom is 0.179 e. The number of rotatable bonds is 3. The minimum absolute atomic E-state index is 0.372. The first-order valence-electron chi connectivity index (χ1n) is 6.99. The Morgan fingerprint density at radius 2 is 2.30 bits per heavy atom. The van der Waals surface area contributed by atoms with Crippen LogP contribution in [0.2, 0.25) is 5.02 Å². The molecule has 2 aromatic rings. The molecule has 0 saturated heterocycles. The third kappa shape index (κ3) is 2.53. The van der Waals surface area contributed by atoms with Gasteiger partial charge in [0.25, 0.3) is 0 Å². The summed E-state index contributed by atoms with van der Waals surface area (Å²) in [6.45, 7) is 3.08. The lowest BCUT2D eigenvalue weighted by Crippen LogP contribution is -2.26. The Labute approximate surface area is 123 Å². The van der Waals surface area contributed by atoms with Crippen molar-refractivity contribution in [2.45, 2.75) is 32.2 Å². The molecule has 1 unspecified atom stereocenters. The zero-order valence-corrected chi connectivity index (χ0v) is 12.2. The van der Waals surface area contributed by atoms with Gasteiger partial charge in [-0.25, -0.2) is 9.97 Å². The third-order valence-corrected chi connectivity index (χ3v) is 3.91. The van der Waals surface area contributed by atoms with Gasteiger partial charge < -0.3 is 5.32 Å². The molecule has 0 radical (unpaired) electrons. The number of hydrogen-bond donors (Lipinski definition) is 1. The van der Waals surface area contributed by atoms with Gasteiger partial charge in [-0.15, -0.1) is 0 Å². The number of fused-ring (bicyclic) bond motifs is 1. The van der Waals surface area contributed by atoms with Gasteiger partial charge in [-0.05, 0) is 37.9 Å². The van der Waals surface area contributed by atoms with Crippen molar-refractivity contribution < 1.29 is 0 Å². The van der Waals surface area contributed by atoms with Crippen LogP contribution in [0.1, 0.15) is 37.1 Å². The number of aryl methyl sites for hydroxylation is 1. The van der Waals surface area contributed by atoms with Gasteiger partial charge in [0, 0.05) is 29.7 Å². The summed E-state index contributed by atoms with van der Waals surface area (Å²) in [5.41, 5.74) is 2.99. The molecule has 20 heavy (non-hydrogen) atoms. The van der Waals surface area contributed by atoms with E-state index in [1.54, 1.807) is 6.20 Å². The standard InChI is InChI=1S/C15H17ClN4/c1-2-17-12-6-3-7-13-10(12)9-19-15(20-13)14-11(16)5-4-8-18-14/h4-5,8-9,12,17H,2-3,6-7H2,1H3. The van der Waals surface area contributed by atoms with Crippen LogP contribution in [-0.4, -0.2) is 21.5 Å². The molecule has 1 N–H and O–H groups in total. The van der Waals surface area contributed by atoms with Crippen LogP contribution >= 0.6 is 11.6 Å². The maximum atomic E-state index is 6.17. The monoisotopic (exact) mass is 288 g/mol. The third-order valence-electron chi connectivity index (χ3n) is 3.60. The number of pyridine rings is 1. The molecule has 0 aliphatic heterocycles. The highest BCUT2D eigenvalue weighted by Crippen LogP contribution is 2.30. The highest BCUT2D eigenvalue weighted by molar-refractivity contribution is 6.32. The van der Waals surface area contributed by atoms with Crippen molar-refractivity contribution in [3.8, 4) is 11.5 Å². The molecule has 1 aliphatic carbocycles. The molecule has 2 aromatic heterocycles. The van der Waals surface area contributed by atoms with E-state index in [4.69, 9.17) is 11.6 Å². The fourth-order valence-corrected chi connectivity index (χ4v) is 2.88. The van der Waals surface area contributed by atoms with Crippen LogP contribution in [0, 0.1) is 0 Å². The van der Waals surface area contributed by atoms with Crippen molar-refractivity contribution in [1.82, 2.24) is 20.3 Å². The van der Waals surface area contributed by atoms with E-state index < -0.39 is 0 Å². The van der Waals surface area contributed by atoms with Crippen LogP contribution in [0.15, 0.2) is 24.5 Å². The van der Waals surface area contributed by atoms with Gasteiger partial charge in [0.2, 0.25) is 0 Å². The number of nitrogens with zero attached hydrogens (tertiary/aromatic N) is 3. The Morgan fingerprint density at radius 1 is 1.40 bits per heavy atom. The summed E-state index contributed by atoms with van der Waals surface area (Å²) in [7, 11) is 0. The van der Waals surface area contributed by atoms with Crippen LogP contribution in [-0.2, 0) is 6.42 Å². The minimum Gasteiger partial charge on any atom is -0.310 e. The summed E-state index contributed by atoms with van der Waals surface area (Å²) in [6, 6.07) is 4.00. The molecule has 0 spiro atoms. The van der Waals surface area contributed by atoms with Crippen LogP contribution in [0.25, 0.3) is 11.5 Å². The van der Waals surface area contributed by atoms with Gasteiger partial charge in [0.1, 0.15) is 5.69 Å². The summed E-state index contributed by atoms with van der Waals surface area (Å²) in [5, 5.41) is 4.08. The lowest BCUT2D eigenvalue weighted by atomic mass is 9.92. The van der Waals surface area contributed by atoms with E-state index in [9.17, 15) is 0 Å². The van der Waals surface area contributed by atoms with Crippen molar-refractivity contribution in [2.75, 3.05) is 6.54 Å². The fourth-order valence-electron chi connectivity index (χ4n) is 2.67. The molecule has 0 amide bonds.